The molecular weight excluding hydrogens is 665 g/mol. The molecule has 1 N–H and O–H groups in total. The van der Waals surface area contributed by atoms with E-state index in [-0.39, 0.29) is 41.4 Å². The summed E-state index contributed by atoms with van der Waals surface area (Å²) in [4.78, 5) is 17.2. The van der Waals surface area contributed by atoms with Crippen molar-refractivity contribution in [2.45, 2.75) is 97.1 Å². The number of halogens is 1. The van der Waals surface area contributed by atoms with Crippen LogP contribution in [-0.2, 0) is 30.1 Å². The largest absolute Gasteiger partial charge is 0.481 e. The van der Waals surface area contributed by atoms with Crippen molar-refractivity contribution in [2.75, 3.05) is 12.8 Å². The second kappa shape index (κ2) is 16.7. The molecule has 4 aromatic rings. The summed E-state index contributed by atoms with van der Waals surface area (Å²) in [5.41, 5.74) is 4.79. The molecule has 0 spiro atoms. The van der Waals surface area contributed by atoms with Crippen LogP contribution in [0, 0.1) is 5.82 Å². The molecule has 268 valence electrons. The molecule has 0 aliphatic carbocycles. The molecule has 50 heavy (non-hydrogen) atoms. The second-order valence-corrected chi connectivity index (χ2v) is 21.1. The highest BCUT2D eigenvalue weighted by Crippen LogP contribution is 2.40. The second-order valence-electron chi connectivity index (χ2n) is 15.4. The van der Waals surface area contributed by atoms with Gasteiger partial charge in [0, 0.05) is 23.0 Å². The zero-order valence-corrected chi connectivity index (χ0v) is 32.8. The third-order valence-electron chi connectivity index (χ3n) is 9.02. The molecular formula is C41H53FNO5PSi. The van der Waals surface area contributed by atoms with Gasteiger partial charge in [-0.25, -0.2) is 4.39 Å². The Morgan fingerprint density at radius 1 is 0.900 bits per heavy atom. The Morgan fingerprint density at radius 3 is 1.94 bits per heavy atom. The van der Waals surface area contributed by atoms with Crippen LogP contribution in [0.2, 0.25) is 5.04 Å². The van der Waals surface area contributed by atoms with Gasteiger partial charge in [-0.1, -0.05) is 128 Å². The van der Waals surface area contributed by atoms with Crippen LogP contribution in [0.1, 0.15) is 91.1 Å². The van der Waals surface area contributed by atoms with Crippen LogP contribution in [0.15, 0.2) is 91.0 Å². The van der Waals surface area contributed by atoms with E-state index in [0.717, 1.165) is 38.5 Å². The summed E-state index contributed by atoms with van der Waals surface area (Å²) in [7, 11) is -5.74. The van der Waals surface area contributed by atoms with Gasteiger partial charge in [-0.2, -0.15) is 0 Å². The Bertz CT molecular complexity index is 1700. The molecule has 4 rings (SSSR count). The van der Waals surface area contributed by atoms with Gasteiger partial charge in [0.1, 0.15) is 5.82 Å². The lowest BCUT2D eigenvalue weighted by Gasteiger charge is -2.45. The fourth-order valence-electron chi connectivity index (χ4n) is 6.57. The number of carboxylic acid groups (broad SMARTS) is 1. The van der Waals surface area contributed by atoms with Crippen LogP contribution >= 0.6 is 8.03 Å². The van der Waals surface area contributed by atoms with Crippen molar-refractivity contribution in [1.82, 2.24) is 4.98 Å². The van der Waals surface area contributed by atoms with E-state index in [1.165, 1.54) is 12.1 Å². The summed E-state index contributed by atoms with van der Waals surface area (Å²) >= 11 is 0. The molecule has 0 aliphatic heterocycles. The SMILES string of the molecule is CC(C)c1nc(C(C)(C)C)cc(-c2ccc(F)cc2)c1CCCO[PH](=O)C[C@H](CC(=O)O)O[Si](c1ccccc1)(c1ccccc1)C(C)(C)C. The van der Waals surface area contributed by atoms with Crippen LogP contribution in [0.5, 0.6) is 0 Å². The van der Waals surface area contributed by atoms with Gasteiger partial charge in [-0.3, -0.25) is 14.3 Å². The first-order valence-corrected chi connectivity index (χ1v) is 20.9. The first-order valence-electron chi connectivity index (χ1n) is 17.5. The first kappa shape index (κ1) is 39.4. The van der Waals surface area contributed by atoms with E-state index >= 15 is 0 Å². The molecule has 1 aromatic heterocycles. The molecule has 0 aliphatic rings. The smallest absolute Gasteiger partial charge is 0.305 e. The number of pyridine rings is 1. The van der Waals surface area contributed by atoms with Crippen molar-refractivity contribution in [1.29, 1.82) is 0 Å². The molecule has 6 nitrogen and oxygen atoms in total. The number of rotatable bonds is 15. The number of benzene rings is 3. The van der Waals surface area contributed by atoms with Gasteiger partial charge < -0.3 is 14.1 Å². The third-order valence-corrected chi connectivity index (χ3v) is 15.4. The third kappa shape index (κ3) is 9.67. The van der Waals surface area contributed by atoms with Crippen LogP contribution in [-0.4, -0.2) is 43.2 Å². The normalized spacial score (nSPS) is 13.7. The lowest BCUT2D eigenvalue weighted by Crippen LogP contribution is -2.68. The highest BCUT2D eigenvalue weighted by molar-refractivity contribution is 7.39. The number of aromatic nitrogens is 1. The first-order chi connectivity index (χ1) is 23.5. The summed E-state index contributed by atoms with van der Waals surface area (Å²) in [6.45, 7) is 17.3. The van der Waals surface area contributed by atoms with E-state index in [4.69, 9.17) is 13.9 Å². The maximum Gasteiger partial charge on any atom is 0.305 e. The van der Waals surface area contributed by atoms with Gasteiger partial charge in [0.05, 0.1) is 19.1 Å². The van der Waals surface area contributed by atoms with Gasteiger partial charge in [0.15, 0.2) is 8.03 Å². The van der Waals surface area contributed by atoms with Gasteiger partial charge in [-0.05, 0) is 69.1 Å². The van der Waals surface area contributed by atoms with Gasteiger partial charge >= 0.3 is 5.97 Å². The Labute approximate surface area is 299 Å². The van der Waals surface area contributed by atoms with Crippen LogP contribution in [0.25, 0.3) is 11.1 Å². The average Bonchev–Trinajstić information content (AvgIpc) is 3.05. The van der Waals surface area contributed by atoms with Crippen molar-refractivity contribution in [3.05, 3.63) is 114 Å². The summed E-state index contributed by atoms with van der Waals surface area (Å²) < 4.78 is 40.5. The average molecular weight is 718 g/mol. The summed E-state index contributed by atoms with van der Waals surface area (Å²) in [5.74, 6) is -1.14. The molecule has 9 heteroatoms. The van der Waals surface area contributed by atoms with Crippen molar-refractivity contribution in [2.24, 2.45) is 0 Å². The fraction of sp³-hybridized carbons (Fsp3) is 0.415. The minimum absolute atomic E-state index is 0.00136. The molecule has 0 radical (unpaired) electrons. The zero-order valence-electron chi connectivity index (χ0n) is 30.8. The quantitative estimate of drug-likeness (QED) is 0.0750. The number of hydrogen-bond donors (Lipinski definition) is 1. The predicted molar refractivity (Wildman–Crippen MR) is 205 cm³/mol. The number of carboxylic acids is 1. The topological polar surface area (TPSA) is 85.7 Å². The Hall–Kier alpha value is -3.42. The van der Waals surface area contributed by atoms with Crippen molar-refractivity contribution in [3.8, 4) is 11.1 Å². The predicted octanol–water partition coefficient (Wildman–Crippen LogP) is 9.15. The molecule has 1 unspecified atom stereocenters. The van der Waals surface area contributed by atoms with E-state index in [1.807, 2.05) is 36.4 Å². The maximum absolute atomic E-state index is 13.9. The zero-order chi connectivity index (χ0) is 36.7. The van der Waals surface area contributed by atoms with Gasteiger partial charge in [0.25, 0.3) is 8.32 Å². The Morgan fingerprint density at radius 2 is 1.46 bits per heavy atom. The Kier molecular flexibility index (Phi) is 13.2. The van der Waals surface area contributed by atoms with E-state index in [9.17, 15) is 18.9 Å². The molecule has 0 saturated heterocycles. The standard InChI is InChI=1S/C41H53FNO5PSi/c1-29(2)39-35(36(27-37(43-39)40(3,4)5)30-21-23-31(42)24-22-30)20-15-25-47-49(46)28-32(26-38(44)45)48-50(41(6,7)8,33-16-11-9-12-17-33)34-18-13-10-14-19-34/h9-14,16-19,21-24,27,29,32,49H,15,20,25-26,28H2,1-8H3,(H,44,45)/t32-/m0/s1. The van der Waals surface area contributed by atoms with Gasteiger partial charge in [-0.15, -0.1) is 0 Å². The van der Waals surface area contributed by atoms with Crippen LogP contribution in [0.3, 0.4) is 0 Å². The maximum atomic E-state index is 13.9. The molecule has 0 amide bonds. The van der Waals surface area contributed by atoms with E-state index in [0.29, 0.717) is 12.8 Å². The molecule has 0 bridgehead atoms. The summed E-state index contributed by atoms with van der Waals surface area (Å²) in [6.07, 6.45) is 0.122. The molecule has 3 aromatic carbocycles. The number of nitrogens with zero attached hydrogens (tertiary/aromatic N) is 1. The number of hydrogen-bond acceptors (Lipinski definition) is 5. The van der Waals surface area contributed by atoms with E-state index < -0.39 is 28.4 Å². The Balaban J connectivity index is 1.56. The van der Waals surface area contributed by atoms with E-state index in [2.05, 4.69) is 85.7 Å². The molecule has 1 heterocycles. The lowest BCUT2D eigenvalue weighted by molar-refractivity contribution is -0.138. The van der Waals surface area contributed by atoms with Gasteiger partial charge in [0.2, 0.25) is 0 Å². The van der Waals surface area contributed by atoms with E-state index in [1.54, 1.807) is 12.1 Å². The van der Waals surface area contributed by atoms with Crippen molar-refractivity contribution < 1.29 is 27.8 Å². The number of carbonyl (C=O) groups is 1. The fourth-order valence-corrected chi connectivity index (χ4v) is 12.5. The molecule has 0 fully saturated rings. The highest BCUT2D eigenvalue weighted by atomic mass is 31.1. The van der Waals surface area contributed by atoms with Crippen molar-refractivity contribution in [3.63, 3.8) is 0 Å². The molecule has 0 saturated carbocycles. The van der Waals surface area contributed by atoms with Crippen LogP contribution in [0.4, 0.5) is 4.39 Å². The monoisotopic (exact) mass is 717 g/mol. The summed E-state index contributed by atoms with van der Waals surface area (Å²) in [6, 6.07) is 28.7. The lowest BCUT2D eigenvalue weighted by atomic mass is 9.85. The highest BCUT2D eigenvalue weighted by Gasteiger charge is 2.51. The minimum atomic E-state index is -3.08. The minimum Gasteiger partial charge on any atom is -0.481 e. The summed E-state index contributed by atoms with van der Waals surface area (Å²) in [5, 5.41) is 11.6. The van der Waals surface area contributed by atoms with Crippen molar-refractivity contribution >= 4 is 32.7 Å². The molecule has 2 atom stereocenters. The number of aliphatic carboxylic acids is 1. The van der Waals surface area contributed by atoms with Crippen LogP contribution < -0.4 is 10.4 Å².